The summed E-state index contributed by atoms with van der Waals surface area (Å²) in [5.74, 6) is -0.138. The maximum Gasteiger partial charge on any atom is 0.336 e. The number of rotatable bonds is 2. The van der Waals surface area contributed by atoms with Crippen LogP contribution in [0.2, 0.25) is 0 Å². The number of nitrogens with one attached hydrogen (secondary N) is 2. The zero-order valence-electron chi connectivity index (χ0n) is 10.7. The van der Waals surface area contributed by atoms with Crippen LogP contribution in [0, 0.1) is 0 Å². The van der Waals surface area contributed by atoms with Gasteiger partial charge in [0.05, 0.1) is 13.2 Å². The lowest BCUT2D eigenvalue weighted by Crippen LogP contribution is -2.48. The van der Waals surface area contributed by atoms with Crippen molar-refractivity contribution in [3.8, 4) is 0 Å². The van der Waals surface area contributed by atoms with Crippen molar-refractivity contribution in [3.63, 3.8) is 0 Å². The average molecular weight is 274 g/mol. The van der Waals surface area contributed by atoms with E-state index in [4.69, 9.17) is 9.15 Å². The van der Waals surface area contributed by atoms with Gasteiger partial charge in [-0.05, 0) is 24.3 Å². The minimum atomic E-state index is -0.391. The van der Waals surface area contributed by atoms with Crippen molar-refractivity contribution in [3.05, 3.63) is 40.8 Å². The minimum Gasteiger partial charge on any atom is -0.423 e. The Morgan fingerprint density at radius 2 is 2.20 bits per heavy atom. The van der Waals surface area contributed by atoms with Gasteiger partial charge in [0.1, 0.15) is 11.6 Å². The van der Waals surface area contributed by atoms with Crippen LogP contribution in [0.15, 0.2) is 39.5 Å². The Balaban J connectivity index is 1.78. The first kappa shape index (κ1) is 12.8. The van der Waals surface area contributed by atoms with Gasteiger partial charge in [-0.3, -0.25) is 4.79 Å². The zero-order chi connectivity index (χ0) is 13.9. The first-order valence-electron chi connectivity index (χ1n) is 6.38. The average Bonchev–Trinajstić information content (AvgIpc) is 2.48. The minimum absolute atomic E-state index is 0.138. The highest BCUT2D eigenvalue weighted by molar-refractivity contribution is 5.96. The first-order valence-corrected chi connectivity index (χ1v) is 6.38. The molecule has 0 radical (unpaired) electrons. The predicted octanol–water partition coefficient (Wildman–Crippen LogP) is 0.720. The van der Waals surface area contributed by atoms with Gasteiger partial charge in [0, 0.05) is 23.7 Å². The second-order valence-corrected chi connectivity index (χ2v) is 4.58. The molecule has 20 heavy (non-hydrogen) atoms. The number of carbonyl (C=O) groups excluding carboxylic acids is 1. The Kier molecular flexibility index (Phi) is 3.49. The predicted molar refractivity (Wildman–Crippen MR) is 73.7 cm³/mol. The first-order chi connectivity index (χ1) is 9.72. The van der Waals surface area contributed by atoms with E-state index in [1.807, 2.05) is 0 Å². The highest BCUT2D eigenvalue weighted by Gasteiger charge is 2.21. The highest BCUT2D eigenvalue weighted by atomic mass is 16.5. The van der Waals surface area contributed by atoms with Crippen LogP contribution in [0.3, 0.4) is 0 Å². The molecular weight excluding hydrogens is 260 g/mol. The van der Waals surface area contributed by atoms with Gasteiger partial charge in [-0.2, -0.15) is 0 Å². The number of benzene rings is 1. The summed E-state index contributed by atoms with van der Waals surface area (Å²) in [4.78, 5) is 23.1. The molecule has 0 saturated carbocycles. The van der Waals surface area contributed by atoms with Gasteiger partial charge in [-0.25, -0.2) is 4.79 Å². The lowest BCUT2D eigenvalue weighted by atomic mass is 10.2. The Morgan fingerprint density at radius 1 is 1.30 bits per heavy atom. The normalized spacial score (nSPS) is 18.9. The van der Waals surface area contributed by atoms with Crippen LogP contribution in [-0.2, 0) is 9.53 Å². The van der Waals surface area contributed by atoms with Gasteiger partial charge in [0.25, 0.3) is 0 Å². The molecule has 1 unspecified atom stereocenters. The van der Waals surface area contributed by atoms with Crippen molar-refractivity contribution in [2.24, 2.45) is 0 Å². The second-order valence-electron chi connectivity index (χ2n) is 4.58. The van der Waals surface area contributed by atoms with Crippen molar-refractivity contribution >= 4 is 22.6 Å². The zero-order valence-corrected chi connectivity index (χ0v) is 10.7. The summed E-state index contributed by atoms with van der Waals surface area (Å²) in [6.45, 7) is 1.66. The third kappa shape index (κ3) is 2.71. The number of carbonyl (C=O) groups is 1. The topological polar surface area (TPSA) is 80.6 Å². The van der Waals surface area contributed by atoms with E-state index in [9.17, 15) is 9.59 Å². The van der Waals surface area contributed by atoms with Crippen LogP contribution in [0.1, 0.15) is 0 Å². The molecule has 2 N–H and O–H groups in total. The van der Waals surface area contributed by atoms with Crippen molar-refractivity contribution < 1.29 is 13.9 Å². The molecular formula is C14H14N2O4. The summed E-state index contributed by atoms with van der Waals surface area (Å²) in [7, 11) is 0. The van der Waals surface area contributed by atoms with Gasteiger partial charge in [0.15, 0.2) is 0 Å². The number of hydrogen-bond donors (Lipinski definition) is 2. The quantitative estimate of drug-likeness (QED) is 0.789. The van der Waals surface area contributed by atoms with Crippen LogP contribution in [0.4, 0.5) is 5.69 Å². The second kappa shape index (κ2) is 5.44. The third-order valence-electron chi connectivity index (χ3n) is 3.12. The van der Waals surface area contributed by atoms with E-state index in [-0.39, 0.29) is 11.9 Å². The summed E-state index contributed by atoms with van der Waals surface area (Å²) >= 11 is 0. The summed E-state index contributed by atoms with van der Waals surface area (Å²) in [6.07, 6.45) is 0. The van der Waals surface area contributed by atoms with Crippen LogP contribution in [0.25, 0.3) is 11.0 Å². The Hall–Kier alpha value is -2.18. The standard InChI is InChI=1S/C14H14N2O4/c17-13-4-1-9-7-10(2-3-12(9)20-13)16-14(18)11-8-19-6-5-15-11/h1-4,7,11,15H,5-6,8H2,(H,16,18). The number of ether oxygens (including phenoxy) is 1. The molecule has 2 aromatic rings. The number of fused-ring (bicyclic) bond motifs is 1. The molecule has 0 bridgehead atoms. The molecule has 1 aromatic heterocycles. The van der Waals surface area contributed by atoms with Crippen molar-refractivity contribution in [1.29, 1.82) is 0 Å². The van der Waals surface area contributed by atoms with E-state index in [0.29, 0.717) is 31.0 Å². The number of anilines is 1. The number of hydrogen-bond acceptors (Lipinski definition) is 5. The fourth-order valence-electron chi connectivity index (χ4n) is 2.11. The maximum absolute atomic E-state index is 12.0. The molecule has 1 fully saturated rings. The Bertz CT molecular complexity index is 689. The van der Waals surface area contributed by atoms with Crippen LogP contribution < -0.4 is 16.3 Å². The Labute approximate surface area is 114 Å². The molecule has 3 rings (SSSR count). The van der Waals surface area contributed by atoms with Crippen LogP contribution in [0.5, 0.6) is 0 Å². The SMILES string of the molecule is O=C(Nc1ccc2oc(=O)ccc2c1)C1COCCN1. The van der Waals surface area contributed by atoms with E-state index in [0.717, 1.165) is 5.39 Å². The molecule has 1 aliphatic rings. The third-order valence-corrected chi connectivity index (χ3v) is 3.12. The largest absolute Gasteiger partial charge is 0.423 e. The van der Waals surface area contributed by atoms with Gasteiger partial charge in [-0.15, -0.1) is 0 Å². The molecule has 1 amide bonds. The van der Waals surface area contributed by atoms with E-state index >= 15 is 0 Å². The molecule has 0 spiro atoms. The Morgan fingerprint density at radius 3 is 3.00 bits per heavy atom. The molecule has 6 heteroatoms. The van der Waals surface area contributed by atoms with Crippen molar-refractivity contribution in [2.45, 2.75) is 6.04 Å². The van der Waals surface area contributed by atoms with Crippen LogP contribution in [-0.4, -0.2) is 31.7 Å². The van der Waals surface area contributed by atoms with E-state index in [2.05, 4.69) is 10.6 Å². The smallest absolute Gasteiger partial charge is 0.336 e. The number of amides is 1. The van der Waals surface area contributed by atoms with E-state index in [1.54, 1.807) is 24.3 Å². The molecule has 2 heterocycles. The fourth-order valence-corrected chi connectivity index (χ4v) is 2.11. The molecule has 104 valence electrons. The lowest BCUT2D eigenvalue weighted by molar-refractivity contribution is -0.120. The van der Waals surface area contributed by atoms with E-state index in [1.165, 1.54) is 6.07 Å². The summed E-state index contributed by atoms with van der Waals surface area (Å²) in [6, 6.07) is 7.81. The van der Waals surface area contributed by atoms with Gasteiger partial charge in [-0.1, -0.05) is 0 Å². The monoisotopic (exact) mass is 274 g/mol. The molecule has 1 saturated heterocycles. The molecule has 1 aromatic carbocycles. The lowest BCUT2D eigenvalue weighted by Gasteiger charge is -2.22. The molecule has 0 aliphatic carbocycles. The summed E-state index contributed by atoms with van der Waals surface area (Å²) < 4.78 is 10.3. The van der Waals surface area contributed by atoms with Crippen molar-refractivity contribution in [2.75, 3.05) is 25.1 Å². The summed E-state index contributed by atoms with van der Waals surface area (Å²) in [5, 5.41) is 6.66. The van der Waals surface area contributed by atoms with Gasteiger partial charge >= 0.3 is 5.63 Å². The molecule has 1 atom stereocenters. The molecule has 1 aliphatic heterocycles. The van der Waals surface area contributed by atoms with Crippen LogP contribution >= 0.6 is 0 Å². The van der Waals surface area contributed by atoms with E-state index < -0.39 is 5.63 Å². The molecule has 6 nitrogen and oxygen atoms in total. The summed E-state index contributed by atoms with van der Waals surface area (Å²) in [5.41, 5.74) is 0.760. The maximum atomic E-state index is 12.0. The highest BCUT2D eigenvalue weighted by Crippen LogP contribution is 2.17. The number of morpholine rings is 1. The fraction of sp³-hybridized carbons (Fsp3) is 0.286. The van der Waals surface area contributed by atoms with Gasteiger partial charge in [0.2, 0.25) is 5.91 Å². The van der Waals surface area contributed by atoms with Crippen molar-refractivity contribution in [1.82, 2.24) is 5.32 Å². The van der Waals surface area contributed by atoms with Gasteiger partial charge < -0.3 is 19.8 Å².